The van der Waals surface area contributed by atoms with Gasteiger partial charge in [0, 0.05) is 112 Å². The number of pyridine rings is 3. The topological polar surface area (TPSA) is 143 Å². The van der Waals surface area contributed by atoms with E-state index in [-0.39, 0.29) is 6.17 Å². The molecule has 0 saturated heterocycles. The van der Waals surface area contributed by atoms with Crippen LogP contribution in [0.25, 0.3) is 87.8 Å². The number of hydrogen-bond donors (Lipinski definition) is 0. The predicted octanol–water partition coefficient (Wildman–Crippen LogP) is 21.8. The number of aromatic nitrogens is 5. The SMILES string of the molecule is [2H]C(C)(C)N1c2ncccc2N(c2c(C)ccc3c2oc2ccccc23)C1C.[2H]C([2H])([2H])C([2H])(C)N1c2ncccc2N(c2c(C)ccc3c2oc2ccccc23)C1C.[2H]C([2H])([2H])N1c2ncccc2N(c2c(C)ccc3c2oc2ccccc23)C1C.[2H]C([2H])([2H])N1c2nccnc2N(c2c(C)ccc3c2oc2ccccc23)C1C. The summed E-state index contributed by atoms with van der Waals surface area (Å²) in [6.07, 6.45) is 6.70. The lowest BCUT2D eigenvalue weighted by molar-refractivity contribution is 0.598. The van der Waals surface area contributed by atoms with Gasteiger partial charge in [0.2, 0.25) is 0 Å². The van der Waals surface area contributed by atoms with Gasteiger partial charge in [0.15, 0.2) is 51.4 Å². The van der Waals surface area contributed by atoms with Crippen molar-refractivity contribution in [1.29, 1.82) is 0 Å². The maximum atomic E-state index is 8.77. The Morgan fingerprint density at radius 1 is 0.317 bits per heavy atom. The van der Waals surface area contributed by atoms with Gasteiger partial charge < -0.3 is 52.0 Å². The summed E-state index contributed by atoms with van der Waals surface area (Å²) >= 11 is 0. The molecule has 0 N–H and O–H groups in total. The number of benzene rings is 8. The Morgan fingerprint density at radius 2 is 0.625 bits per heavy atom. The van der Waals surface area contributed by atoms with Gasteiger partial charge in [-0.05, 0) is 166 Å². The largest absolute Gasteiger partial charge is 0.454 e. The molecule has 4 aliphatic heterocycles. The summed E-state index contributed by atoms with van der Waals surface area (Å²) in [4.78, 5) is 36.9. The average Bonchev–Trinajstić information content (AvgIpc) is 1.58. The minimum absolute atomic E-state index is 0.0603. The van der Waals surface area contributed by atoms with Crippen molar-refractivity contribution in [2.75, 3.05) is 53.2 Å². The molecule has 0 amide bonds. The first-order valence-electron chi connectivity index (χ1n) is 40.4. The summed E-state index contributed by atoms with van der Waals surface area (Å²) in [5, 5.41) is 8.33. The molecule has 520 valence electrons. The first kappa shape index (κ1) is 53.7. The van der Waals surface area contributed by atoms with Crippen LogP contribution in [0.2, 0.25) is 0 Å². The highest BCUT2D eigenvalue weighted by atomic mass is 16.3. The number of para-hydroxylation sites is 4. The molecule has 104 heavy (non-hydrogen) atoms. The molecule has 17 heteroatoms. The molecule has 8 aromatic heterocycles. The maximum absolute atomic E-state index is 8.77. The van der Waals surface area contributed by atoms with E-state index in [2.05, 4.69) is 97.1 Å². The average molecular weight is 1390 g/mol. The lowest BCUT2D eigenvalue weighted by Gasteiger charge is -2.33. The fourth-order valence-corrected chi connectivity index (χ4v) is 15.8. The highest BCUT2D eigenvalue weighted by Gasteiger charge is 2.42. The van der Waals surface area contributed by atoms with Crippen molar-refractivity contribution < 1.29 is 32.7 Å². The molecule has 0 saturated carbocycles. The quantitative estimate of drug-likeness (QED) is 0.156. The second-order valence-corrected chi connectivity index (χ2v) is 27.1. The van der Waals surface area contributed by atoms with Gasteiger partial charge in [-0.3, -0.25) is 4.90 Å². The Kier molecular flexibility index (Phi) is 13.1. The number of anilines is 12. The fourth-order valence-electron chi connectivity index (χ4n) is 15.8. The Balaban J connectivity index is 0.000000111. The van der Waals surface area contributed by atoms with Crippen LogP contribution in [-0.2, 0) is 0 Å². The maximum Gasteiger partial charge on any atom is 0.178 e. The molecule has 8 aromatic carbocycles. The Bertz CT molecular complexity index is 6050. The first-order chi connectivity index (χ1) is 54.8. The number of aryl methyl sites for hydroxylation is 4. The number of fused-ring (bicyclic) bond motifs is 16. The van der Waals surface area contributed by atoms with E-state index in [0.29, 0.717) is 23.3 Å². The summed E-state index contributed by atoms with van der Waals surface area (Å²) in [5.41, 5.74) is 16.6. The molecular formula is C87H83N13O4. The lowest BCUT2D eigenvalue weighted by Crippen LogP contribution is -2.42. The van der Waals surface area contributed by atoms with Gasteiger partial charge in [-0.25, -0.2) is 24.9 Å². The normalized spacial score (nSPS) is 19.4. The summed E-state index contributed by atoms with van der Waals surface area (Å²) in [6, 6.07) is 57.3. The smallest absolute Gasteiger partial charge is 0.178 e. The van der Waals surface area contributed by atoms with Crippen LogP contribution in [0.5, 0.6) is 0 Å². The zero-order valence-electron chi connectivity index (χ0n) is 70.5. The van der Waals surface area contributed by atoms with E-state index in [1.54, 1.807) is 29.7 Å². The number of hydrogen-bond acceptors (Lipinski definition) is 17. The zero-order chi connectivity index (χ0) is 81.0. The van der Waals surface area contributed by atoms with Gasteiger partial charge in [-0.2, -0.15) is 0 Å². The van der Waals surface area contributed by atoms with Gasteiger partial charge in [0.1, 0.15) is 47.0 Å². The van der Waals surface area contributed by atoms with Crippen LogP contribution in [0.3, 0.4) is 0 Å². The molecule has 17 nitrogen and oxygen atoms in total. The third-order valence-corrected chi connectivity index (χ3v) is 20.6. The third-order valence-electron chi connectivity index (χ3n) is 20.6. The van der Waals surface area contributed by atoms with Crippen LogP contribution in [0.15, 0.2) is 231 Å². The van der Waals surface area contributed by atoms with Crippen LogP contribution in [0, 0.1) is 27.7 Å². The Labute approximate surface area is 619 Å². The van der Waals surface area contributed by atoms with Crippen molar-refractivity contribution in [2.24, 2.45) is 0 Å². The number of rotatable bonds is 6. The Hall–Kier alpha value is -12.1. The fraction of sp³-hybridized carbons (Fsp3) is 0.230. The van der Waals surface area contributed by atoms with Gasteiger partial charge in [-0.15, -0.1) is 0 Å². The Morgan fingerprint density at radius 3 is 1.00 bits per heavy atom. The highest BCUT2D eigenvalue weighted by molar-refractivity contribution is 6.14. The standard InChI is InChI=1S/2C23H23N3O.C21H19N3O.C20H18N4O/c2*1-14(2)25-16(4)26(19-9-7-13-24-23(19)25)21-15(3)11-12-18-17-8-5-6-10-20(17)27-22(18)21;1-13-10-11-16-15-7-4-5-9-18(15)25-20(16)19(13)24-14(2)23(3)21-17(24)8-6-12-22-21;1-12-8-9-15-14-6-4-5-7-16(14)25-18(15)17(12)24-13(2)23(3)19-20(24)22-11-10-21-19/h2*5-14,16H,1-4H3;4-12,14H,1-3H3;4-11,13H,1-3H3/i1D3,14D;14D;2*3D3. The molecule has 0 spiro atoms. The second kappa shape index (κ2) is 25.4. The molecule has 0 aliphatic carbocycles. The predicted molar refractivity (Wildman–Crippen MR) is 427 cm³/mol. The van der Waals surface area contributed by atoms with Crippen molar-refractivity contribution >= 4 is 157 Å². The van der Waals surface area contributed by atoms with E-state index in [1.165, 1.54) is 22.9 Å². The first-order valence-corrected chi connectivity index (χ1v) is 34.9. The molecule has 0 bridgehead atoms. The lowest BCUT2D eigenvalue weighted by atomic mass is 10.1. The molecule has 12 heterocycles. The van der Waals surface area contributed by atoms with E-state index in [0.717, 1.165) is 156 Å². The van der Waals surface area contributed by atoms with Crippen LogP contribution in [0.4, 0.5) is 68.9 Å². The molecular weight excluding hydrogens is 1290 g/mol. The minimum Gasteiger partial charge on any atom is -0.454 e. The van der Waals surface area contributed by atoms with Crippen LogP contribution in [0.1, 0.15) is 92.7 Å². The van der Waals surface area contributed by atoms with Crippen LogP contribution < -0.4 is 39.2 Å². The van der Waals surface area contributed by atoms with E-state index >= 15 is 0 Å². The molecule has 5 atom stereocenters. The summed E-state index contributed by atoms with van der Waals surface area (Å²) < 4.78 is 115. The van der Waals surface area contributed by atoms with E-state index < -0.39 is 51.3 Å². The summed E-state index contributed by atoms with van der Waals surface area (Å²) in [7, 11) is 0. The van der Waals surface area contributed by atoms with Crippen molar-refractivity contribution in [3.63, 3.8) is 0 Å². The van der Waals surface area contributed by atoms with Crippen molar-refractivity contribution in [3.05, 3.63) is 235 Å². The van der Waals surface area contributed by atoms with Gasteiger partial charge in [0.05, 0.1) is 42.6 Å². The monoisotopic (exact) mass is 1380 g/mol. The molecule has 5 unspecified atom stereocenters. The molecule has 0 radical (unpaired) electrons. The molecule has 4 aliphatic rings. The van der Waals surface area contributed by atoms with Gasteiger partial charge >= 0.3 is 0 Å². The van der Waals surface area contributed by atoms with E-state index in [9.17, 15) is 0 Å². The number of furan rings is 4. The number of nitrogens with zero attached hydrogens (tertiary/aromatic N) is 13. The summed E-state index contributed by atoms with van der Waals surface area (Å²) in [6.45, 7) is 14.0. The van der Waals surface area contributed by atoms with Crippen molar-refractivity contribution in [2.45, 2.75) is 120 Å². The van der Waals surface area contributed by atoms with Gasteiger partial charge in [0.25, 0.3) is 0 Å². The molecule has 20 rings (SSSR count). The van der Waals surface area contributed by atoms with Crippen LogP contribution in [-0.4, -0.2) is 75.6 Å². The van der Waals surface area contributed by atoms with E-state index in [4.69, 9.17) is 32.7 Å². The van der Waals surface area contributed by atoms with Crippen molar-refractivity contribution in [3.8, 4) is 0 Å². The van der Waals surface area contributed by atoms with Crippen LogP contribution >= 0.6 is 0 Å². The second-order valence-electron chi connectivity index (χ2n) is 27.1. The van der Waals surface area contributed by atoms with Gasteiger partial charge in [-0.1, -0.05) is 121 Å². The third kappa shape index (κ3) is 10.2. The van der Waals surface area contributed by atoms with E-state index in [1.807, 2.05) is 204 Å². The van der Waals surface area contributed by atoms with Crippen molar-refractivity contribution in [1.82, 2.24) is 24.9 Å². The minimum atomic E-state index is -2.52. The highest BCUT2D eigenvalue weighted by Crippen LogP contribution is 2.53. The molecule has 0 fully saturated rings. The zero-order valence-corrected chi connectivity index (χ0v) is 59.5. The summed E-state index contributed by atoms with van der Waals surface area (Å²) in [5.74, 6) is 2.64. The molecule has 16 aromatic rings.